The quantitative estimate of drug-likeness (QED) is 0.779. The molecule has 0 aliphatic rings. The van der Waals surface area contributed by atoms with Crippen molar-refractivity contribution in [1.29, 1.82) is 0 Å². The van der Waals surface area contributed by atoms with E-state index in [2.05, 4.69) is 4.98 Å². The predicted molar refractivity (Wildman–Crippen MR) is 71.9 cm³/mol. The van der Waals surface area contributed by atoms with Crippen LogP contribution in [0.15, 0.2) is 23.6 Å². The molecule has 0 fully saturated rings. The Labute approximate surface area is 110 Å². The van der Waals surface area contributed by atoms with E-state index in [0.29, 0.717) is 18.4 Å². The van der Waals surface area contributed by atoms with Gasteiger partial charge >= 0.3 is 0 Å². The molecule has 17 heavy (non-hydrogen) atoms. The van der Waals surface area contributed by atoms with Gasteiger partial charge in [0.1, 0.15) is 6.61 Å². The molecule has 90 valence electrons. The van der Waals surface area contributed by atoms with E-state index < -0.39 is 0 Å². The summed E-state index contributed by atoms with van der Waals surface area (Å²) in [6, 6.07) is 6.09. The Morgan fingerprint density at radius 1 is 1.41 bits per heavy atom. The van der Waals surface area contributed by atoms with Gasteiger partial charge in [0.2, 0.25) is 5.88 Å². The minimum Gasteiger partial charge on any atom is -0.472 e. The number of nitrogens with zero attached hydrogens (tertiary/aromatic N) is 1. The molecule has 2 aromatic rings. The summed E-state index contributed by atoms with van der Waals surface area (Å²) in [7, 11) is 0. The molecule has 4 heteroatoms. The molecule has 0 aromatic carbocycles. The first-order chi connectivity index (χ1) is 8.20. The van der Waals surface area contributed by atoms with Gasteiger partial charge in [0.05, 0.1) is 5.88 Å². The summed E-state index contributed by atoms with van der Waals surface area (Å²) in [5, 5.41) is 2.04. The van der Waals surface area contributed by atoms with Crippen molar-refractivity contribution in [3.63, 3.8) is 0 Å². The topological polar surface area (TPSA) is 22.1 Å². The number of rotatable bonds is 4. The molecule has 2 aromatic heterocycles. The van der Waals surface area contributed by atoms with Crippen molar-refractivity contribution in [3.05, 3.63) is 45.3 Å². The lowest BCUT2D eigenvalue weighted by Gasteiger charge is -2.11. The van der Waals surface area contributed by atoms with Gasteiger partial charge in [0.15, 0.2) is 0 Å². The van der Waals surface area contributed by atoms with Crippen LogP contribution in [0, 0.1) is 13.8 Å². The van der Waals surface area contributed by atoms with Crippen LogP contribution in [0.3, 0.4) is 0 Å². The highest BCUT2D eigenvalue weighted by Gasteiger charge is 2.09. The number of pyridine rings is 1. The fraction of sp³-hybridized carbons (Fsp3) is 0.308. The molecule has 0 bridgehead atoms. The molecule has 0 amide bonds. The molecule has 0 aliphatic heterocycles. The summed E-state index contributed by atoms with van der Waals surface area (Å²) >= 11 is 7.61. The summed E-state index contributed by atoms with van der Waals surface area (Å²) in [4.78, 5) is 5.59. The van der Waals surface area contributed by atoms with Gasteiger partial charge in [-0.3, -0.25) is 0 Å². The number of aryl methyl sites for hydroxylation is 2. The van der Waals surface area contributed by atoms with Crippen molar-refractivity contribution in [2.75, 3.05) is 0 Å². The summed E-state index contributed by atoms with van der Waals surface area (Å²) in [6.45, 7) is 4.55. The maximum absolute atomic E-state index is 5.93. The fourth-order valence-corrected chi connectivity index (χ4v) is 2.59. The standard InChI is InChI=1S/C13H14ClNOS/c1-9-6-10(2)15-13(12(9)7-14)16-8-11-4-3-5-17-11/h3-6H,7-8H2,1-2H3. The fourth-order valence-electron chi connectivity index (χ4n) is 1.65. The lowest BCUT2D eigenvalue weighted by atomic mass is 10.1. The van der Waals surface area contributed by atoms with Gasteiger partial charge in [0, 0.05) is 16.1 Å². The molecule has 0 atom stereocenters. The minimum atomic E-state index is 0.429. The van der Waals surface area contributed by atoms with E-state index in [1.807, 2.05) is 37.4 Å². The Morgan fingerprint density at radius 2 is 2.24 bits per heavy atom. The largest absolute Gasteiger partial charge is 0.472 e. The molecule has 0 N–H and O–H groups in total. The van der Waals surface area contributed by atoms with Crippen LogP contribution in [-0.2, 0) is 12.5 Å². The highest BCUT2D eigenvalue weighted by Crippen LogP contribution is 2.24. The van der Waals surface area contributed by atoms with E-state index in [4.69, 9.17) is 16.3 Å². The van der Waals surface area contributed by atoms with Crippen LogP contribution in [0.4, 0.5) is 0 Å². The van der Waals surface area contributed by atoms with Crippen LogP contribution in [-0.4, -0.2) is 4.98 Å². The van der Waals surface area contributed by atoms with Crippen molar-refractivity contribution < 1.29 is 4.74 Å². The first-order valence-corrected chi connectivity index (χ1v) is 6.80. The molecular weight excluding hydrogens is 254 g/mol. The highest BCUT2D eigenvalue weighted by atomic mass is 35.5. The van der Waals surface area contributed by atoms with E-state index in [9.17, 15) is 0 Å². The van der Waals surface area contributed by atoms with Gasteiger partial charge < -0.3 is 4.74 Å². The smallest absolute Gasteiger partial charge is 0.218 e. The van der Waals surface area contributed by atoms with E-state index in [1.165, 1.54) is 4.88 Å². The SMILES string of the molecule is Cc1cc(C)c(CCl)c(OCc2cccs2)n1. The van der Waals surface area contributed by atoms with Crippen LogP contribution >= 0.6 is 22.9 Å². The zero-order valence-electron chi connectivity index (χ0n) is 9.87. The van der Waals surface area contributed by atoms with Crippen LogP contribution in [0.5, 0.6) is 5.88 Å². The summed E-state index contributed by atoms with van der Waals surface area (Å²) in [5.41, 5.74) is 3.07. The van der Waals surface area contributed by atoms with Crippen LogP contribution < -0.4 is 4.74 Å². The summed E-state index contributed by atoms with van der Waals surface area (Å²) in [5.74, 6) is 1.09. The van der Waals surface area contributed by atoms with Gasteiger partial charge in [-0.05, 0) is 36.9 Å². The first kappa shape index (κ1) is 12.4. The van der Waals surface area contributed by atoms with Crippen LogP contribution in [0.25, 0.3) is 0 Å². The second kappa shape index (κ2) is 5.52. The molecule has 2 heterocycles. The van der Waals surface area contributed by atoms with Crippen molar-refractivity contribution in [2.45, 2.75) is 26.3 Å². The molecule has 0 spiro atoms. The summed E-state index contributed by atoms with van der Waals surface area (Å²) in [6.07, 6.45) is 0. The molecule has 0 radical (unpaired) electrons. The number of hydrogen-bond donors (Lipinski definition) is 0. The maximum atomic E-state index is 5.93. The Balaban J connectivity index is 2.19. The Bertz CT molecular complexity index is 496. The van der Waals surface area contributed by atoms with Crippen molar-refractivity contribution in [2.24, 2.45) is 0 Å². The summed E-state index contributed by atoms with van der Waals surface area (Å²) < 4.78 is 5.75. The van der Waals surface area contributed by atoms with Gasteiger partial charge in [0.25, 0.3) is 0 Å². The van der Waals surface area contributed by atoms with E-state index >= 15 is 0 Å². The number of hydrogen-bond acceptors (Lipinski definition) is 3. The second-order valence-corrected chi connectivity index (χ2v) is 5.17. The van der Waals surface area contributed by atoms with Crippen LogP contribution in [0.1, 0.15) is 21.7 Å². The first-order valence-electron chi connectivity index (χ1n) is 5.39. The van der Waals surface area contributed by atoms with Gasteiger partial charge in [-0.1, -0.05) is 6.07 Å². The normalized spacial score (nSPS) is 10.5. The van der Waals surface area contributed by atoms with Crippen molar-refractivity contribution in [3.8, 4) is 5.88 Å². The number of alkyl halides is 1. The number of aromatic nitrogens is 1. The molecule has 2 rings (SSSR count). The number of ether oxygens (including phenoxy) is 1. The predicted octanol–water partition coefficient (Wildman–Crippen LogP) is 4.08. The van der Waals surface area contributed by atoms with E-state index in [-0.39, 0.29) is 0 Å². The number of halogens is 1. The monoisotopic (exact) mass is 267 g/mol. The average molecular weight is 268 g/mol. The van der Waals surface area contributed by atoms with Crippen molar-refractivity contribution >= 4 is 22.9 Å². The van der Waals surface area contributed by atoms with E-state index in [0.717, 1.165) is 16.8 Å². The van der Waals surface area contributed by atoms with Crippen molar-refractivity contribution in [1.82, 2.24) is 4.98 Å². The molecule has 2 nitrogen and oxygen atoms in total. The third-order valence-corrected chi connectivity index (χ3v) is 3.62. The maximum Gasteiger partial charge on any atom is 0.218 e. The molecular formula is C13H14ClNOS. The molecule has 0 saturated heterocycles. The average Bonchev–Trinajstić information content (AvgIpc) is 2.78. The van der Waals surface area contributed by atoms with Gasteiger partial charge in [-0.15, -0.1) is 22.9 Å². The van der Waals surface area contributed by atoms with Gasteiger partial charge in [-0.2, -0.15) is 0 Å². The molecule has 0 saturated carbocycles. The zero-order chi connectivity index (χ0) is 12.3. The Hall–Kier alpha value is -1.06. The highest BCUT2D eigenvalue weighted by molar-refractivity contribution is 7.09. The second-order valence-electron chi connectivity index (χ2n) is 3.87. The number of thiophene rings is 1. The third kappa shape index (κ3) is 2.99. The molecule has 0 aliphatic carbocycles. The Morgan fingerprint density at radius 3 is 2.88 bits per heavy atom. The lowest BCUT2D eigenvalue weighted by Crippen LogP contribution is -2.02. The minimum absolute atomic E-state index is 0.429. The van der Waals surface area contributed by atoms with Gasteiger partial charge in [-0.25, -0.2) is 4.98 Å². The third-order valence-electron chi connectivity index (χ3n) is 2.50. The lowest BCUT2D eigenvalue weighted by molar-refractivity contribution is 0.294. The Kier molecular flexibility index (Phi) is 4.02. The molecule has 0 unspecified atom stereocenters. The van der Waals surface area contributed by atoms with E-state index in [1.54, 1.807) is 11.3 Å². The van der Waals surface area contributed by atoms with Crippen LogP contribution in [0.2, 0.25) is 0 Å². The zero-order valence-corrected chi connectivity index (χ0v) is 11.4.